The van der Waals surface area contributed by atoms with Gasteiger partial charge in [0.15, 0.2) is 0 Å². The first-order valence-electron chi connectivity index (χ1n) is 7.15. The Hall–Kier alpha value is -2.94. The lowest BCUT2D eigenvalue weighted by Gasteiger charge is -2.09. The number of nitrogens with zero attached hydrogens (tertiary/aromatic N) is 1. The van der Waals surface area contributed by atoms with E-state index in [0.717, 1.165) is 21.6 Å². The number of rotatable bonds is 2. The number of benzene rings is 3. The third-order valence-electron chi connectivity index (χ3n) is 4.08. The summed E-state index contributed by atoms with van der Waals surface area (Å²) in [6.45, 7) is 0. The Labute approximate surface area is 126 Å². The average Bonchev–Trinajstić information content (AvgIpc) is 2.86. The summed E-state index contributed by atoms with van der Waals surface area (Å²) in [5.74, 6) is -0.00286. The second-order valence-corrected chi connectivity index (χ2v) is 5.37. The van der Waals surface area contributed by atoms with Crippen molar-refractivity contribution in [3.63, 3.8) is 0 Å². The van der Waals surface area contributed by atoms with Crippen molar-refractivity contribution >= 4 is 22.3 Å². The van der Waals surface area contributed by atoms with Crippen molar-refractivity contribution in [3.8, 4) is 5.75 Å². The van der Waals surface area contributed by atoms with Crippen molar-refractivity contribution in [1.82, 2.24) is 0 Å². The van der Waals surface area contributed by atoms with E-state index < -0.39 is 0 Å². The fraction of sp³-hybridized carbons (Fsp3) is 0.0526. The van der Waals surface area contributed by atoms with Crippen molar-refractivity contribution in [1.29, 1.82) is 0 Å². The van der Waals surface area contributed by atoms with Crippen LogP contribution in [0.5, 0.6) is 5.75 Å². The molecule has 1 aliphatic rings. The number of hydrogen-bond acceptors (Lipinski definition) is 2. The number of phenolic OH excluding ortho intramolecular Hbond substituents is 1. The summed E-state index contributed by atoms with van der Waals surface area (Å²) >= 11 is 0. The Bertz CT molecular complexity index is 1030. The molecule has 4 rings (SSSR count). The molecule has 3 aromatic rings. The molecule has 3 aromatic carbocycles. The van der Waals surface area contributed by atoms with Gasteiger partial charge >= 0.3 is 0 Å². The molecule has 1 aliphatic heterocycles. The second kappa shape index (κ2) is 4.81. The SMILES string of the molecule is O=C1N=c2ccccc2=C1Cc1c(O)ccc2ccccc12. The van der Waals surface area contributed by atoms with Gasteiger partial charge in [-0.25, -0.2) is 4.99 Å². The van der Waals surface area contributed by atoms with Gasteiger partial charge in [0.1, 0.15) is 5.75 Å². The van der Waals surface area contributed by atoms with E-state index in [2.05, 4.69) is 4.99 Å². The van der Waals surface area contributed by atoms with Crippen LogP contribution in [0.15, 0.2) is 65.7 Å². The minimum Gasteiger partial charge on any atom is -0.508 e. The van der Waals surface area contributed by atoms with Crippen LogP contribution in [0.1, 0.15) is 5.56 Å². The molecule has 106 valence electrons. The molecule has 1 amide bonds. The molecule has 0 fully saturated rings. The molecular formula is C19H13NO2. The Kier molecular flexibility index (Phi) is 2.79. The van der Waals surface area contributed by atoms with E-state index in [-0.39, 0.29) is 11.7 Å². The molecule has 0 saturated carbocycles. The van der Waals surface area contributed by atoms with E-state index in [1.54, 1.807) is 6.07 Å². The minimum atomic E-state index is -0.214. The molecule has 0 saturated heterocycles. The van der Waals surface area contributed by atoms with Crippen molar-refractivity contribution in [2.24, 2.45) is 4.99 Å². The molecule has 0 aliphatic carbocycles. The maximum Gasteiger partial charge on any atom is 0.274 e. The van der Waals surface area contributed by atoms with Gasteiger partial charge in [0.05, 0.1) is 5.36 Å². The summed E-state index contributed by atoms with van der Waals surface area (Å²) in [7, 11) is 0. The Balaban J connectivity index is 1.95. The standard InChI is InChI=1S/C19H13NO2/c21-18-10-9-12-5-1-2-6-13(12)15(18)11-16-14-7-3-4-8-17(14)20-19(16)22/h1-10,21H,11H2. The quantitative estimate of drug-likeness (QED) is 0.784. The molecule has 0 atom stereocenters. The van der Waals surface area contributed by atoms with E-state index in [4.69, 9.17) is 0 Å². The van der Waals surface area contributed by atoms with E-state index in [9.17, 15) is 9.90 Å². The van der Waals surface area contributed by atoms with Gasteiger partial charge in [-0.2, -0.15) is 0 Å². The van der Waals surface area contributed by atoms with Crippen LogP contribution in [0.3, 0.4) is 0 Å². The summed E-state index contributed by atoms with van der Waals surface area (Å²) in [4.78, 5) is 16.3. The van der Waals surface area contributed by atoms with Crippen LogP contribution >= 0.6 is 0 Å². The predicted molar refractivity (Wildman–Crippen MR) is 85.0 cm³/mol. The lowest BCUT2D eigenvalue weighted by molar-refractivity contribution is -0.112. The maximum atomic E-state index is 12.2. The van der Waals surface area contributed by atoms with Gasteiger partial charge in [-0.15, -0.1) is 0 Å². The Morgan fingerprint density at radius 1 is 0.909 bits per heavy atom. The number of carbonyl (C=O) groups excluding carboxylic acids is 1. The molecule has 3 heteroatoms. The lowest BCUT2D eigenvalue weighted by atomic mass is 9.96. The van der Waals surface area contributed by atoms with Gasteiger partial charge in [-0.05, 0) is 22.9 Å². The fourth-order valence-electron chi connectivity index (χ4n) is 2.98. The van der Waals surface area contributed by atoms with E-state index in [1.165, 1.54) is 0 Å². The van der Waals surface area contributed by atoms with Crippen LogP contribution in [0.2, 0.25) is 0 Å². The number of aromatic hydroxyl groups is 1. The molecule has 0 radical (unpaired) electrons. The molecule has 0 spiro atoms. The highest BCUT2D eigenvalue weighted by Gasteiger charge is 2.19. The number of amides is 1. The van der Waals surface area contributed by atoms with Gasteiger partial charge < -0.3 is 5.11 Å². The van der Waals surface area contributed by atoms with Gasteiger partial charge in [0.25, 0.3) is 5.91 Å². The summed E-state index contributed by atoms with van der Waals surface area (Å²) in [5, 5.41) is 13.8. The monoisotopic (exact) mass is 287 g/mol. The maximum absolute atomic E-state index is 12.2. The van der Waals surface area contributed by atoms with E-state index in [0.29, 0.717) is 17.4 Å². The first kappa shape index (κ1) is 12.8. The van der Waals surface area contributed by atoms with Crippen molar-refractivity contribution in [2.45, 2.75) is 6.42 Å². The highest BCUT2D eigenvalue weighted by molar-refractivity contribution is 6.16. The summed E-state index contributed by atoms with van der Waals surface area (Å²) < 4.78 is 0. The smallest absolute Gasteiger partial charge is 0.274 e. The Morgan fingerprint density at radius 2 is 1.68 bits per heavy atom. The number of para-hydroxylation sites is 1. The largest absolute Gasteiger partial charge is 0.508 e. The summed E-state index contributed by atoms with van der Waals surface area (Å²) in [5.41, 5.74) is 1.41. The van der Waals surface area contributed by atoms with Gasteiger partial charge in [-0.3, -0.25) is 4.79 Å². The number of fused-ring (bicyclic) bond motifs is 2. The van der Waals surface area contributed by atoms with E-state index >= 15 is 0 Å². The van der Waals surface area contributed by atoms with Gasteiger partial charge in [0, 0.05) is 22.8 Å². The average molecular weight is 287 g/mol. The molecule has 0 unspecified atom stereocenters. The third kappa shape index (κ3) is 1.91. The van der Waals surface area contributed by atoms with Crippen molar-refractivity contribution in [3.05, 3.63) is 76.8 Å². The van der Waals surface area contributed by atoms with Crippen molar-refractivity contribution in [2.75, 3.05) is 0 Å². The topological polar surface area (TPSA) is 49.7 Å². The highest BCUT2D eigenvalue weighted by Crippen LogP contribution is 2.29. The van der Waals surface area contributed by atoms with Crippen LogP contribution in [0, 0.1) is 0 Å². The molecule has 1 N–H and O–H groups in total. The highest BCUT2D eigenvalue weighted by atomic mass is 16.3. The molecule has 0 bridgehead atoms. The molecular weight excluding hydrogens is 274 g/mol. The molecule has 0 aromatic heterocycles. The molecule has 22 heavy (non-hydrogen) atoms. The number of carbonyl (C=O) groups is 1. The fourth-order valence-corrected chi connectivity index (χ4v) is 2.98. The van der Waals surface area contributed by atoms with Crippen LogP contribution in [0.25, 0.3) is 16.3 Å². The molecule has 1 heterocycles. The van der Waals surface area contributed by atoms with Gasteiger partial charge in [-0.1, -0.05) is 48.5 Å². The zero-order valence-corrected chi connectivity index (χ0v) is 11.8. The first-order valence-corrected chi connectivity index (χ1v) is 7.15. The van der Waals surface area contributed by atoms with Crippen LogP contribution in [-0.2, 0) is 11.2 Å². The Morgan fingerprint density at radius 3 is 2.59 bits per heavy atom. The predicted octanol–water partition coefficient (Wildman–Crippen LogP) is 2.10. The van der Waals surface area contributed by atoms with Gasteiger partial charge in [0.2, 0.25) is 0 Å². The summed E-state index contributed by atoms with van der Waals surface area (Å²) in [6.07, 6.45) is 0.381. The molecule has 3 nitrogen and oxygen atoms in total. The van der Waals surface area contributed by atoms with Crippen LogP contribution in [0.4, 0.5) is 0 Å². The number of phenols is 1. The zero-order valence-electron chi connectivity index (χ0n) is 11.8. The van der Waals surface area contributed by atoms with Crippen LogP contribution in [-0.4, -0.2) is 11.0 Å². The van der Waals surface area contributed by atoms with E-state index in [1.807, 2.05) is 54.6 Å². The third-order valence-corrected chi connectivity index (χ3v) is 4.08. The minimum absolute atomic E-state index is 0.211. The lowest BCUT2D eigenvalue weighted by Crippen LogP contribution is -2.22. The van der Waals surface area contributed by atoms with Crippen LogP contribution < -0.4 is 10.6 Å². The zero-order chi connectivity index (χ0) is 15.1. The first-order chi connectivity index (χ1) is 10.7. The van der Waals surface area contributed by atoms with Crippen molar-refractivity contribution < 1.29 is 9.90 Å². The second-order valence-electron chi connectivity index (χ2n) is 5.37. The summed E-state index contributed by atoms with van der Waals surface area (Å²) in [6, 6.07) is 18.9. The number of hydrogen-bond donors (Lipinski definition) is 1. The normalized spacial score (nSPS) is 13.3.